The van der Waals surface area contributed by atoms with Gasteiger partial charge in [0.2, 0.25) is 0 Å². The van der Waals surface area contributed by atoms with E-state index in [0.29, 0.717) is 17.2 Å². The molecule has 3 atom stereocenters. The fourth-order valence-corrected chi connectivity index (χ4v) is 8.02. The first-order valence-corrected chi connectivity index (χ1v) is 16.5. The number of anilines is 1. The summed E-state index contributed by atoms with van der Waals surface area (Å²) in [6, 6.07) is 8.86. The Morgan fingerprint density at radius 2 is 1.98 bits per heavy atom. The van der Waals surface area contributed by atoms with Gasteiger partial charge >= 0.3 is 6.01 Å². The molecule has 3 aliphatic rings. The quantitative estimate of drug-likeness (QED) is 0.152. The number of hydrogen-bond acceptors (Lipinski definition) is 8. The minimum atomic E-state index is -1.13. The summed E-state index contributed by atoms with van der Waals surface area (Å²) >= 11 is 6.38. The monoisotopic (exact) mass is 693 g/mol. The number of fused-ring (bicyclic) bond motifs is 3. The molecule has 5 heterocycles. The fourth-order valence-electron chi connectivity index (χ4n) is 7.75. The zero-order chi connectivity index (χ0) is 34.4. The second-order valence-corrected chi connectivity index (χ2v) is 13.2. The van der Waals surface area contributed by atoms with Crippen LogP contribution in [0.2, 0.25) is 5.02 Å². The molecule has 2 aromatic carbocycles. The number of ether oxygens (including phenoxy) is 1. The normalized spacial score (nSPS) is 22.4. The highest BCUT2D eigenvalue weighted by Gasteiger charge is 2.50. The van der Waals surface area contributed by atoms with Gasteiger partial charge in [-0.05, 0) is 43.7 Å². The van der Waals surface area contributed by atoms with Gasteiger partial charge in [-0.2, -0.15) is 15.2 Å². The summed E-state index contributed by atoms with van der Waals surface area (Å²) < 4.78 is 65.3. The highest BCUT2D eigenvalue weighted by molar-refractivity contribution is 6.36. The number of nitriles is 1. The van der Waals surface area contributed by atoms with Crippen LogP contribution < -0.4 is 9.64 Å². The topological polar surface area (TPSA) is 98.5 Å². The van der Waals surface area contributed by atoms with Crippen LogP contribution in [0.5, 0.6) is 6.01 Å². The number of pyridine rings is 1. The molecule has 7 rings (SSSR count). The zero-order valence-electron chi connectivity index (χ0n) is 26.4. The van der Waals surface area contributed by atoms with E-state index in [2.05, 4.69) is 21.4 Å². The second-order valence-electron chi connectivity index (χ2n) is 12.8. The summed E-state index contributed by atoms with van der Waals surface area (Å²) in [5.74, 6) is -3.25. The number of hydrogen-bond donors (Lipinski definition) is 0. The van der Waals surface area contributed by atoms with Gasteiger partial charge in [0.05, 0.1) is 34.5 Å². The molecule has 0 saturated carbocycles. The number of alkyl halides is 1. The molecule has 3 fully saturated rings. The number of nitrogens with zero attached hydrogens (tertiary/aromatic N) is 7. The van der Waals surface area contributed by atoms with Gasteiger partial charge in [0.25, 0.3) is 5.91 Å². The number of amides is 1. The molecule has 9 nitrogen and oxygen atoms in total. The molecule has 3 aliphatic heterocycles. The van der Waals surface area contributed by atoms with Crippen LogP contribution in [0.15, 0.2) is 48.9 Å². The SMILES string of the molecule is C=C(F)C(=O)N1CCN(c2nc(OCC34CCCN3C(CF)CC4)nc3c(F)c(-c4cccc5ccc(F)c(Cl)c45)ncc23)C[C@@H]1CC#N. The minimum absolute atomic E-state index is 0.0482. The van der Waals surface area contributed by atoms with Gasteiger partial charge in [-0.1, -0.05) is 42.4 Å². The van der Waals surface area contributed by atoms with E-state index in [1.165, 1.54) is 17.2 Å². The van der Waals surface area contributed by atoms with E-state index in [1.807, 2.05) is 6.07 Å². The van der Waals surface area contributed by atoms with Crippen molar-refractivity contribution in [1.29, 1.82) is 5.26 Å². The van der Waals surface area contributed by atoms with Crippen LogP contribution in [-0.4, -0.2) is 87.7 Å². The van der Waals surface area contributed by atoms with Gasteiger partial charge in [-0.15, -0.1) is 0 Å². The molecule has 254 valence electrons. The molecule has 14 heteroatoms. The van der Waals surface area contributed by atoms with Crippen LogP contribution >= 0.6 is 11.6 Å². The Balaban J connectivity index is 1.33. The molecule has 0 aliphatic carbocycles. The molecule has 1 amide bonds. The highest BCUT2D eigenvalue weighted by atomic mass is 35.5. The number of piperazine rings is 1. The molecule has 4 aromatic rings. The van der Waals surface area contributed by atoms with Gasteiger partial charge in [-0.25, -0.2) is 17.6 Å². The van der Waals surface area contributed by atoms with E-state index >= 15 is 4.39 Å². The van der Waals surface area contributed by atoms with Crippen LogP contribution in [0, 0.1) is 23.0 Å². The standard InChI is InChI=1S/C35H32ClF4N7O2/c1-20(38)33(48)46-15-14-45(18-23(46)9-12-41)32-25-17-42-30(24-5-2-4-21-6-7-26(39)28(36)27(21)24)29(40)31(25)43-34(44-32)49-19-35-10-3-13-47(35)22(16-37)8-11-35/h2,4-7,17,22-23H,1,3,8-11,13-16,18-19H2/t22?,23-,35?/m0/s1. The number of carbonyl (C=O) groups excluding carboxylic acids is 1. The lowest BCUT2D eigenvalue weighted by Gasteiger charge is -2.41. The second kappa shape index (κ2) is 13.1. The minimum Gasteiger partial charge on any atom is -0.461 e. The Labute approximate surface area is 284 Å². The van der Waals surface area contributed by atoms with Crippen molar-refractivity contribution in [1.82, 2.24) is 24.8 Å². The van der Waals surface area contributed by atoms with E-state index in [4.69, 9.17) is 21.3 Å². The lowest BCUT2D eigenvalue weighted by molar-refractivity contribution is -0.131. The molecule has 49 heavy (non-hydrogen) atoms. The molecule has 0 spiro atoms. The average molecular weight is 694 g/mol. The summed E-state index contributed by atoms with van der Waals surface area (Å²) in [6.07, 6.45) is 4.49. The number of rotatable bonds is 8. The summed E-state index contributed by atoms with van der Waals surface area (Å²) in [5, 5.41) is 10.5. The average Bonchev–Trinajstić information content (AvgIpc) is 3.68. The summed E-state index contributed by atoms with van der Waals surface area (Å²) in [6.45, 7) is 3.90. The van der Waals surface area contributed by atoms with Gasteiger partial charge in [0.1, 0.15) is 36.1 Å². The van der Waals surface area contributed by atoms with Crippen molar-refractivity contribution in [3.63, 3.8) is 0 Å². The lowest BCUT2D eigenvalue weighted by Crippen LogP contribution is -2.55. The maximum atomic E-state index is 16.8. The first-order chi connectivity index (χ1) is 23.7. The summed E-state index contributed by atoms with van der Waals surface area (Å²) in [5.41, 5.74) is -0.349. The molecule has 0 N–H and O–H groups in total. The van der Waals surface area contributed by atoms with E-state index in [1.54, 1.807) is 29.2 Å². The van der Waals surface area contributed by atoms with Crippen LogP contribution in [0.4, 0.5) is 23.4 Å². The third-order valence-corrected chi connectivity index (χ3v) is 10.5. The van der Waals surface area contributed by atoms with Gasteiger partial charge < -0.3 is 14.5 Å². The van der Waals surface area contributed by atoms with Crippen LogP contribution in [0.25, 0.3) is 32.9 Å². The third-order valence-electron chi connectivity index (χ3n) is 10.1. The molecule has 3 saturated heterocycles. The number of benzene rings is 2. The Hall–Kier alpha value is -4.54. The molecule has 2 aromatic heterocycles. The van der Waals surface area contributed by atoms with Crippen molar-refractivity contribution >= 4 is 45.0 Å². The Morgan fingerprint density at radius 3 is 2.76 bits per heavy atom. The van der Waals surface area contributed by atoms with Crippen molar-refractivity contribution in [3.8, 4) is 23.3 Å². The lowest BCUT2D eigenvalue weighted by atomic mass is 9.95. The summed E-state index contributed by atoms with van der Waals surface area (Å²) in [7, 11) is 0. The smallest absolute Gasteiger partial charge is 0.319 e. The molecule has 2 unspecified atom stereocenters. The molecule has 0 radical (unpaired) electrons. The van der Waals surface area contributed by atoms with Crippen molar-refractivity contribution in [3.05, 3.63) is 65.6 Å². The predicted molar refractivity (Wildman–Crippen MR) is 177 cm³/mol. The largest absolute Gasteiger partial charge is 0.461 e. The maximum Gasteiger partial charge on any atom is 0.319 e. The van der Waals surface area contributed by atoms with Crippen molar-refractivity contribution < 1.29 is 27.1 Å². The van der Waals surface area contributed by atoms with Crippen LogP contribution in [0.1, 0.15) is 32.1 Å². The zero-order valence-corrected chi connectivity index (χ0v) is 27.2. The predicted octanol–water partition coefficient (Wildman–Crippen LogP) is 6.54. The van der Waals surface area contributed by atoms with Gasteiger partial charge in [0, 0.05) is 42.8 Å². The molecular formula is C35H32ClF4N7O2. The Bertz CT molecular complexity index is 2030. The van der Waals surface area contributed by atoms with E-state index in [-0.39, 0.29) is 83.3 Å². The maximum absolute atomic E-state index is 16.8. The number of halogens is 5. The van der Waals surface area contributed by atoms with Gasteiger partial charge in [0.15, 0.2) is 11.6 Å². The number of carbonyl (C=O) groups is 1. The first kappa shape index (κ1) is 33.0. The van der Waals surface area contributed by atoms with Crippen molar-refractivity contribution in [2.45, 2.75) is 49.7 Å². The molecular weight excluding hydrogens is 662 g/mol. The van der Waals surface area contributed by atoms with Crippen LogP contribution in [0.3, 0.4) is 0 Å². The Kier molecular flexibility index (Phi) is 8.79. The van der Waals surface area contributed by atoms with E-state index < -0.39 is 36.1 Å². The molecule has 0 bridgehead atoms. The van der Waals surface area contributed by atoms with E-state index in [0.717, 1.165) is 25.8 Å². The number of aromatic nitrogens is 3. The van der Waals surface area contributed by atoms with E-state index in [9.17, 15) is 23.2 Å². The first-order valence-electron chi connectivity index (χ1n) is 16.1. The Morgan fingerprint density at radius 1 is 1.14 bits per heavy atom. The highest BCUT2D eigenvalue weighted by Crippen LogP contribution is 2.43. The summed E-state index contributed by atoms with van der Waals surface area (Å²) in [4.78, 5) is 31.4. The van der Waals surface area contributed by atoms with Crippen LogP contribution in [-0.2, 0) is 4.79 Å². The van der Waals surface area contributed by atoms with Gasteiger partial charge in [-0.3, -0.25) is 14.7 Å². The van der Waals surface area contributed by atoms with Crippen molar-refractivity contribution in [2.75, 3.05) is 44.4 Å². The third kappa shape index (κ3) is 5.70. The van der Waals surface area contributed by atoms with Crippen molar-refractivity contribution in [2.24, 2.45) is 0 Å². The fraction of sp³-hybridized carbons (Fsp3) is 0.400.